The van der Waals surface area contributed by atoms with Crippen LogP contribution in [-0.2, 0) is 11.8 Å². The largest absolute Gasteiger partial charge is 0.453 e. The van der Waals surface area contributed by atoms with Gasteiger partial charge in [0.15, 0.2) is 16.7 Å². The van der Waals surface area contributed by atoms with E-state index < -0.39 is 0 Å². The molecule has 6 nitrogen and oxygen atoms in total. The first kappa shape index (κ1) is 20.1. The summed E-state index contributed by atoms with van der Waals surface area (Å²) >= 11 is 19.3. The second-order valence-electron chi connectivity index (χ2n) is 6.09. The first-order chi connectivity index (χ1) is 13.9. The summed E-state index contributed by atoms with van der Waals surface area (Å²) in [5.41, 5.74) is 1.10. The van der Waals surface area contributed by atoms with Crippen molar-refractivity contribution in [1.82, 2.24) is 14.8 Å². The van der Waals surface area contributed by atoms with Gasteiger partial charge in [0.05, 0.1) is 21.5 Å². The third-order valence-corrected chi connectivity index (χ3v) is 5.92. The number of benzene rings is 2. The van der Waals surface area contributed by atoms with Crippen molar-refractivity contribution >= 4 is 69.1 Å². The third-order valence-electron chi connectivity index (χ3n) is 4.08. The lowest BCUT2D eigenvalue weighted by molar-refractivity contribution is -0.113. The van der Waals surface area contributed by atoms with Gasteiger partial charge in [-0.2, -0.15) is 0 Å². The molecule has 0 radical (unpaired) electrons. The number of carbonyl (C=O) groups is 1. The summed E-state index contributed by atoms with van der Waals surface area (Å²) in [5, 5.41) is 13.5. The molecule has 0 spiro atoms. The topological polar surface area (TPSA) is 73.0 Å². The lowest BCUT2D eigenvalue weighted by Gasteiger charge is -2.09. The number of thioether (sulfide) groups is 1. The molecule has 0 aliphatic carbocycles. The molecule has 148 valence electrons. The van der Waals surface area contributed by atoms with Crippen molar-refractivity contribution in [2.45, 2.75) is 5.16 Å². The number of carbonyl (C=O) groups excluding carboxylic acids is 1. The van der Waals surface area contributed by atoms with Crippen molar-refractivity contribution in [2.75, 3.05) is 11.1 Å². The van der Waals surface area contributed by atoms with Crippen LogP contribution in [0, 0.1) is 0 Å². The van der Waals surface area contributed by atoms with Crippen LogP contribution in [0.5, 0.6) is 0 Å². The Morgan fingerprint density at radius 1 is 1.14 bits per heavy atom. The van der Waals surface area contributed by atoms with Gasteiger partial charge in [-0.05, 0) is 24.3 Å². The van der Waals surface area contributed by atoms with Crippen LogP contribution in [0.2, 0.25) is 15.1 Å². The van der Waals surface area contributed by atoms with Crippen LogP contribution < -0.4 is 5.32 Å². The molecule has 0 atom stereocenters. The van der Waals surface area contributed by atoms with Gasteiger partial charge in [-0.25, -0.2) is 0 Å². The summed E-state index contributed by atoms with van der Waals surface area (Å²) in [6.07, 6.45) is 0. The quantitative estimate of drug-likeness (QED) is 0.369. The van der Waals surface area contributed by atoms with Crippen molar-refractivity contribution in [3.8, 4) is 11.6 Å². The highest BCUT2D eigenvalue weighted by Gasteiger charge is 2.17. The maximum Gasteiger partial charge on any atom is 0.234 e. The first-order valence-corrected chi connectivity index (χ1v) is 10.5. The predicted octanol–water partition coefficient (Wildman–Crippen LogP) is 5.92. The minimum Gasteiger partial charge on any atom is -0.453 e. The van der Waals surface area contributed by atoms with Crippen molar-refractivity contribution in [2.24, 2.45) is 7.05 Å². The Hall–Kier alpha value is -2.19. The zero-order chi connectivity index (χ0) is 20.5. The maximum atomic E-state index is 12.3. The number of furan rings is 1. The average Bonchev–Trinajstić information content (AvgIpc) is 3.26. The van der Waals surface area contributed by atoms with E-state index in [1.54, 1.807) is 4.57 Å². The highest BCUT2D eigenvalue weighted by molar-refractivity contribution is 7.99. The molecular weight excluding hydrogens is 455 g/mol. The van der Waals surface area contributed by atoms with E-state index in [1.807, 2.05) is 37.4 Å². The number of fused-ring (bicyclic) bond motifs is 1. The number of amides is 1. The molecule has 4 aromatic rings. The van der Waals surface area contributed by atoms with Gasteiger partial charge in [-0.1, -0.05) is 64.8 Å². The molecule has 0 aliphatic heterocycles. The molecule has 0 saturated heterocycles. The Morgan fingerprint density at radius 3 is 2.59 bits per heavy atom. The smallest absolute Gasteiger partial charge is 0.234 e. The van der Waals surface area contributed by atoms with Crippen molar-refractivity contribution < 1.29 is 9.21 Å². The molecule has 0 bridgehead atoms. The monoisotopic (exact) mass is 466 g/mol. The number of hydrogen-bond donors (Lipinski definition) is 1. The van der Waals surface area contributed by atoms with Gasteiger partial charge in [0.25, 0.3) is 0 Å². The van der Waals surface area contributed by atoms with E-state index in [9.17, 15) is 4.79 Å². The average molecular weight is 468 g/mol. The molecule has 0 aliphatic rings. The van der Waals surface area contributed by atoms with Crippen LogP contribution in [0.15, 0.2) is 52.0 Å². The van der Waals surface area contributed by atoms with E-state index in [1.165, 1.54) is 23.9 Å². The van der Waals surface area contributed by atoms with E-state index in [4.69, 9.17) is 39.2 Å². The van der Waals surface area contributed by atoms with Gasteiger partial charge in [0, 0.05) is 17.5 Å². The molecule has 0 unspecified atom stereocenters. The highest BCUT2D eigenvalue weighted by atomic mass is 35.5. The van der Waals surface area contributed by atoms with Gasteiger partial charge in [-0.15, -0.1) is 10.2 Å². The van der Waals surface area contributed by atoms with Crippen LogP contribution in [0.3, 0.4) is 0 Å². The molecule has 2 aromatic heterocycles. The second-order valence-corrected chi connectivity index (χ2v) is 8.29. The third kappa shape index (κ3) is 4.23. The number of rotatable bonds is 5. The van der Waals surface area contributed by atoms with E-state index in [0.29, 0.717) is 27.5 Å². The Labute approximate surface area is 185 Å². The van der Waals surface area contributed by atoms with Gasteiger partial charge in [0.1, 0.15) is 5.58 Å². The van der Waals surface area contributed by atoms with Gasteiger partial charge < -0.3 is 14.3 Å². The standard InChI is InChI=1S/C19H13Cl3N4O2S/c1-26-18(15-6-10-4-2-3-5-14(10)28-15)24-25-19(26)29-9-16(27)23-17-12(21)7-11(20)8-13(17)22/h2-8H,9H2,1H3,(H,23,27). The number of para-hydroxylation sites is 1. The highest BCUT2D eigenvalue weighted by Crippen LogP contribution is 2.34. The molecule has 2 aromatic carbocycles. The van der Waals surface area contributed by atoms with Crippen molar-refractivity contribution in [1.29, 1.82) is 0 Å². The number of halogens is 3. The summed E-state index contributed by atoms with van der Waals surface area (Å²) in [4.78, 5) is 12.3. The summed E-state index contributed by atoms with van der Waals surface area (Å²) in [5.74, 6) is 1.00. The lowest BCUT2D eigenvalue weighted by atomic mass is 10.2. The van der Waals surface area contributed by atoms with E-state index in [-0.39, 0.29) is 21.7 Å². The fourth-order valence-electron chi connectivity index (χ4n) is 2.71. The van der Waals surface area contributed by atoms with Crippen molar-refractivity contribution in [3.63, 3.8) is 0 Å². The minimum absolute atomic E-state index is 0.0986. The van der Waals surface area contributed by atoms with Gasteiger partial charge in [-0.3, -0.25) is 4.79 Å². The molecule has 4 rings (SSSR count). The SMILES string of the molecule is Cn1c(SCC(=O)Nc2c(Cl)cc(Cl)cc2Cl)nnc1-c1cc2ccccc2o1. The zero-order valence-electron chi connectivity index (χ0n) is 14.9. The molecule has 10 heteroatoms. The van der Waals surface area contributed by atoms with Crippen LogP contribution in [-0.4, -0.2) is 26.4 Å². The Balaban J connectivity index is 1.46. The molecular formula is C19H13Cl3N4O2S. The fourth-order valence-corrected chi connectivity index (χ4v) is 4.34. The van der Waals surface area contributed by atoms with Crippen LogP contribution in [0.4, 0.5) is 5.69 Å². The number of nitrogens with one attached hydrogen (secondary N) is 1. The number of hydrogen-bond acceptors (Lipinski definition) is 5. The normalized spacial score (nSPS) is 11.2. The van der Waals surface area contributed by atoms with E-state index >= 15 is 0 Å². The number of anilines is 1. The van der Waals surface area contributed by atoms with E-state index in [2.05, 4.69) is 15.5 Å². The van der Waals surface area contributed by atoms with Crippen LogP contribution >= 0.6 is 46.6 Å². The van der Waals surface area contributed by atoms with Crippen LogP contribution in [0.25, 0.3) is 22.6 Å². The van der Waals surface area contributed by atoms with Gasteiger partial charge >= 0.3 is 0 Å². The number of nitrogens with zero attached hydrogens (tertiary/aromatic N) is 3. The molecule has 29 heavy (non-hydrogen) atoms. The molecule has 1 N–H and O–H groups in total. The predicted molar refractivity (Wildman–Crippen MR) is 117 cm³/mol. The summed E-state index contributed by atoms with van der Waals surface area (Å²) < 4.78 is 7.61. The minimum atomic E-state index is -0.283. The maximum absolute atomic E-state index is 12.3. The molecule has 2 heterocycles. The summed E-state index contributed by atoms with van der Waals surface area (Å²) in [7, 11) is 1.82. The second kappa shape index (κ2) is 8.28. The Morgan fingerprint density at radius 2 is 1.86 bits per heavy atom. The first-order valence-electron chi connectivity index (χ1n) is 8.38. The summed E-state index contributed by atoms with van der Waals surface area (Å²) in [6, 6.07) is 12.6. The molecule has 0 fully saturated rings. The van der Waals surface area contributed by atoms with Crippen molar-refractivity contribution in [3.05, 3.63) is 57.5 Å². The summed E-state index contributed by atoms with van der Waals surface area (Å²) in [6.45, 7) is 0. The zero-order valence-corrected chi connectivity index (χ0v) is 18.0. The molecule has 1 amide bonds. The number of aromatic nitrogens is 3. The fraction of sp³-hybridized carbons (Fsp3) is 0.105. The molecule has 0 saturated carbocycles. The Kier molecular flexibility index (Phi) is 5.74. The van der Waals surface area contributed by atoms with Gasteiger partial charge in [0.2, 0.25) is 5.91 Å². The van der Waals surface area contributed by atoms with Crippen LogP contribution in [0.1, 0.15) is 0 Å². The Bertz CT molecular complexity index is 1170. The van der Waals surface area contributed by atoms with E-state index in [0.717, 1.165) is 11.0 Å². The lowest BCUT2D eigenvalue weighted by Crippen LogP contribution is -2.15.